The van der Waals surface area contributed by atoms with E-state index in [1.54, 1.807) is 12.1 Å². The number of aromatic nitrogens is 2. The van der Waals surface area contributed by atoms with Crippen LogP contribution in [0.15, 0.2) is 29.6 Å². The maximum absolute atomic E-state index is 11.7. The Morgan fingerprint density at radius 3 is 2.82 bits per heavy atom. The van der Waals surface area contributed by atoms with Crippen molar-refractivity contribution in [3.63, 3.8) is 0 Å². The summed E-state index contributed by atoms with van der Waals surface area (Å²) in [5.74, 6) is -0.00401. The van der Waals surface area contributed by atoms with Crippen molar-refractivity contribution >= 4 is 29.2 Å². The highest BCUT2D eigenvalue weighted by Crippen LogP contribution is 2.25. The second kappa shape index (κ2) is 6.91. The molecule has 112 valence electrons. The third kappa shape index (κ3) is 3.18. The maximum Gasteiger partial charge on any atom is 0.338 e. The van der Waals surface area contributed by atoms with Gasteiger partial charge in [-0.05, 0) is 30.9 Å². The predicted octanol–water partition coefficient (Wildman–Crippen LogP) is 2.91. The minimum Gasteiger partial charge on any atom is -0.465 e. The van der Waals surface area contributed by atoms with Gasteiger partial charge >= 0.3 is 5.97 Å². The van der Waals surface area contributed by atoms with Gasteiger partial charge < -0.3 is 10.1 Å². The zero-order valence-electron chi connectivity index (χ0n) is 12.4. The summed E-state index contributed by atoms with van der Waals surface area (Å²) >= 11 is 1.37. The molecule has 1 N–H and O–H groups in total. The molecule has 0 atom stereocenters. The summed E-state index contributed by atoms with van der Waals surface area (Å²) in [4.78, 5) is 19.9. The maximum atomic E-state index is 11.7. The highest BCUT2D eigenvalue weighted by molar-refractivity contribution is 7.98. The standard InChI is InChI=1S/C15H14N4O2S/c1-9-4-5-10(6-11(9)15(20)21-2)19-13-12(7-16)14(22-3)18-8-17-13/h4-6,8H,1-3H3,(H,17,18,19). The van der Waals surface area contributed by atoms with E-state index in [-0.39, 0.29) is 0 Å². The Kier molecular flexibility index (Phi) is 4.96. The van der Waals surface area contributed by atoms with Gasteiger partial charge in [0.05, 0.1) is 12.7 Å². The molecular formula is C15H14N4O2S. The third-order valence-electron chi connectivity index (χ3n) is 3.02. The van der Waals surface area contributed by atoms with Gasteiger partial charge in [0.25, 0.3) is 0 Å². The fraction of sp³-hybridized carbons (Fsp3) is 0.200. The number of thioether (sulfide) groups is 1. The molecule has 7 heteroatoms. The van der Waals surface area contributed by atoms with Crippen molar-refractivity contribution in [2.24, 2.45) is 0 Å². The minimum absolute atomic E-state index is 0.371. The number of carbonyl (C=O) groups is 1. The van der Waals surface area contributed by atoms with E-state index in [1.165, 1.54) is 25.2 Å². The average molecular weight is 314 g/mol. The first kappa shape index (κ1) is 15.8. The van der Waals surface area contributed by atoms with Crippen LogP contribution in [0.25, 0.3) is 0 Å². The smallest absolute Gasteiger partial charge is 0.338 e. The summed E-state index contributed by atoms with van der Waals surface area (Å²) in [5, 5.41) is 12.9. The number of benzene rings is 1. The molecule has 0 aliphatic carbocycles. The molecule has 1 heterocycles. The van der Waals surface area contributed by atoms with E-state index in [9.17, 15) is 10.1 Å². The zero-order chi connectivity index (χ0) is 16.1. The van der Waals surface area contributed by atoms with Gasteiger partial charge in [-0.25, -0.2) is 14.8 Å². The third-order valence-corrected chi connectivity index (χ3v) is 3.72. The number of rotatable bonds is 4. The van der Waals surface area contributed by atoms with Crippen molar-refractivity contribution in [3.05, 3.63) is 41.2 Å². The highest BCUT2D eigenvalue weighted by atomic mass is 32.2. The lowest BCUT2D eigenvalue weighted by Crippen LogP contribution is -2.05. The van der Waals surface area contributed by atoms with Crippen molar-refractivity contribution < 1.29 is 9.53 Å². The lowest BCUT2D eigenvalue weighted by molar-refractivity contribution is 0.0600. The monoisotopic (exact) mass is 314 g/mol. The first-order valence-corrected chi connectivity index (χ1v) is 7.58. The quantitative estimate of drug-likeness (QED) is 0.527. The Morgan fingerprint density at radius 1 is 1.41 bits per heavy atom. The van der Waals surface area contributed by atoms with E-state index < -0.39 is 5.97 Å². The van der Waals surface area contributed by atoms with E-state index >= 15 is 0 Å². The number of aryl methyl sites for hydroxylation is 1. The zero-order valence-corrected chi connectivity index (χ0v) is 13.2. The SMILES string of the molecule is COC(=O)c1cc(Nc2ncnc(SC)c2C#N)ccc1C. The molecule has 22 heavy (non-hydrogen) atoms. The van der Waals surface area contributed by atoms with E-state index in [0.29, 0.717) is 27.7 Å². The molecule has 0 fully saturated rings. The van der Waals surface area contributed by atoms with Crippen LogP contribution < -0.4 is 5.32 Å². The normalized spacial score (nSPS) is 9.91. The number of methoxy groups -OCH3 is 1. The molecule has 1 aromatic heterocycles. The number of hydrogen-bond acceptors (Lipinski definition) is 7. The molecule has 0 unspecified atom stereocenters. The van der Waals surface area contributed by atoms with Crippen molar-refractivity contribution in [2.75, 3.05) is 18.7 Å². The highest BCUT2D eigenvalue weighted by Gasteiger charge is 2.13. The molecule has 0 bridgehead atoms. The number of anilines is 2. The van der Waals surface area contributed by atoms with Crippen molar-refractivity contribution in [1.82, 2.24) is 9.97 Å². The van der Waals surface area contributed by atoms with E-state index in [4.69, 9.17) is 4.74 Å². The molecule has 2 aromatic rings. The van der Waals surface area contributed by atoms with Crippen molar-refractivity contribution in [2.45, 2.75) is 11.9 Å². The summed E-state index contributed by atoms with van der Waals surface area (Å²) in [6, 6.07) is 7.38. The van der Waals surface area contributed by atoms with E-state index in [2.05, 4.69) is 21.4 Å². The molecule has 6 nitrogen and oxygen atoms in total. The van der Waals surface area contributed by atoms with Crippen LogP contribution in [-0.4, -0.2) is 29.3 Å². The van der Waals surface area contributed by atoms with Gasteiger partial charge in [-0.1, -0.05) is 6.07 Å². The van der Waals surface area contributed by atoms with Crippen LogP contribution >= 0.6 is 11.8 Å². The Labute approximate surface area is 132 Å². The first-order chi connectivity index (χ1) is 10.6. The second-order valence-electron chi connectivity index (χ2n) is 4.36. The molecule has 0 saturated carbocycles. The molecule has 0 aliphatic rings. The fourth-order valence-electron chi connectivity index (χ4n) is 1.89. The van der Waals surface area contributed by atoms with Crippen molar-refractivity contribution in [3.8, 4) is 6.07 Å². The van der Waals surface area contributed by atoms with Crippen molar-refractivity contribution in [1.29, 1.82) is 5.26 Å². The Bertz CT molecular complexity index is 756. The van der Waals surface area contributed by atoms with Crippen LogP contribution in [0.1, 0.15) is 21.5 Å². The minimum atomic E-state index is -0.408. The molecule has 0 saturated heterocycles. The Hall–Kier alpha value is -2.59. The number of nitrogens with zero attached hydrogens (tertiary/aromatic N) is 3. The molecule has 1 aromatic carbocycles. The second-order valence-corrected chi connectivity index (χ2v) is 5.16. The number of nitrogens with one attached hydrogen (secondary N) is 1. The summed E-state index contributed by atoms with van der Waals surface area (Å²) < 4.78 is 4.76. The molecule has 2 rings (SSSR count). The molecule has 0 spiro atoms. The van der Waals surface area contributed by atoms with Gasteiger partial charge in [-0.2, -0.15) is 5.26 Å². The van der Waals surface area contributed by atoms with Gasteiger partial charge in [-0.15, -0.1) is 11.8 Å². The topological polar surface area (TPSA) is 87.9 Å². The molecular weight excluding hydrogens is 300 g/mol. The Morgan fingerprint density at radius 2 is 2.18 bits per heavy atom. The molecule has 0 radical (unpaired) electrons. The van der Waals surface area contributed by atoms with Crippen LogP contribution in [-0.2, 0) is 4.74 Å². The lowest BCUT2D eigenvalue weighted by Gasteiger charge is -2.11. The van der Waals surface area contributed by atoms with Crippen LogP contribution in [0.3, 0.4) is 0 Å². The van der Waals surface area contributed by atoms with Crippen LogP contribution in [0, 0.1) is 18.3 Å². The summed E-state index contributed by atoms with van der Waals surface area (Å²) in [5.41, 5.74) is 2.29. The first-order valence-electron chi connectivity index (χ1n) is 6.35. The fourth-order valence-corrected chi connectivity index (χ4v) is 2.39. The summed E-state index contributed by atoms with van der Waals surface area (Å²) in [6.45, 7) is 1.83. The summed E-state index contributed by atoms with van der Waals surface area (Å²) in [7, 11) is 1.34. The number of ether oxygens (including phenoxy) is 1. The number of nitriles is 1. The van der Waals surface area contributed by atoms with Crippen LogP contribution in [0.5, 0.6) is 0 Å². The predicted molar refractivity (Wildman–Crippen MR) is 84.3 cm³/mol. The lowest BCUT2D eigenvalue weighted by atomic mass is 10.1. The van der Waals surface area contributed by atoms with Gasteiger partial charge in [-0.3, -0.25) is 0 Å². The number of carbonyl (C=O) groups excluding carboxylic acids is 1. The largest absolute Gasteiger partial charge is 0.465 e. The number of esters is 1. The van der Waals surface area contributed by atoms with Crippen LogP contribution in [0.4, 0.5) is 11.5 Å². The number of hydrogen-bond donors (Lipinski definition) is 1. The van der Waals surface area contributed by atoms with E-state index in [0.717, 1.165) is 5.56 Å². The average Bonchev–Trinajstić information content (AvgIpc) is 2.55. The van der Waals surface area contributed by atoms with Gasteiger partial charge in [0.15, 0.2) is 5.82 Å². The summed E-state index contributed by atoms with van der Waals surface area (Å²) in [6.07, 6.45) is 3.23. The van der Waals surface area contributed by atoms with E-state index in [1.807, 2.05) is 19.2 Å². The van der Waals surface area contributed by atoms with Gasteiger partial charge in [0.2, 0.25) is 0 Å². The van der Waals surface area contributed by atoms with Gasteiger partial charge in [0, 0.05) is 5.69 Å². The molecule has 0 amide bonds. The van der Waals surface area contributed by atoms with Crippen LogP contribution in [0.2, 0.25) is 0 Å². The molecule has 0 aliphatic heterocycles. The Balaban J connectivity index is 2.40. The van der Waals surface area contributed by atoms with Gasteiger partial charge in [0.1, 0.15) is 23.0 Å².